The number of thioether (sulfide) groups is 1. The predicted molar refractivity (Wildman–Crippen MR) is 122 cm³/mol. The molecule has 0 unspecified atom stereocenters. The molecule has 0 saturated carbocycles. The van der Waals surface area contributed by atoms with E-state index >= 15 is 0 Å². The van der Waals surface area contributed by atoms with Gasteiger partial charge in [-0.1, -0.05) is 56.3 Å². The molecule has 0 N–H and O–H groups in total. The first-order valence-corrected chi connectivity index (χ1v) is 11.1. The lowest BCUT2D eigenvalue weighted by Gasteiger charge is -2.15. The first-order valence-electron chi connectivity index (χ1n) is 10.1. The minimum atomic E-state index is -0.262. The van der Waals surface area contributed by atoms with Gasteiger partial charge in [-0.15, -0.1) is 11.8 Å². The van der Waals surface area contributed by atoms with Crippen LogP contribution in [0.2, 0.25) is 0 Å². The van der Waals surface area contributed by atoms with Crippen molar-refractivity contribution in [3.8, 4) is 17.2 Å². The van der Waals surface area contributed by atoms with Gasteiger partial charge < -0.3 is 0 Å². The first kappa shape index (κ1) is 21.7. The van der Waals surface area contributed by atoms with Crippen LogP contribution in [0.3, 0.4) is 0 Å². The molecule has 5 nitrogen and oxygen atoms in total. The van der Waals surface area contributed by atoms with Crippen molar-refractivity contribution < 1.29 is 0 Å². The second kappa shape index (κ2) is 10.1. The summed E-state index contributed by atoms with van der Waals surface area (Å²) in [5, 5.41) is 10.0. The zero-order valence-corrected chi connectivity index (χ0v) is 18.1. The second-order valence-corrected chi connectivity index (χ2v) is 8.16. The van der Waals surface area contributed by atoms with E-state index < -0.39 is 0 Å². The third-order valence-electron chi connectivity index (χ3n) is 4.80. The summed E-state index contributed by atoms with van der Waals surface area (Å²) in [4.78, 5) is 25.4. The first-order chi connectivity index (χ1) is 14.6. The molecule has 0 aliphatic heterocycles. The van der Waals surface area contributed by atoms with Gasteiger partial charge >= 0.3 is 5.69 Å². The quantitative estimate of drug-likeness (QED) is 0.398. The van der Waals surface area contributed by atoms with Crippen LogP contribution in [-0.2, 0) is 13.1 Å². The van der Waals surface area contributed by atoms with Gasteiger partial charge in [-0.3, -0.25) is 13.9 Å². The summed E-state index contributed by atoms with van der Waals surface area (Å²) in [5.74, 6) is 0.848. The Labute approximate surface area is 180 Å². The Hall–Kier alpha value is -3.04. The molecule has 3 rings (SSSR count). The maximum Gasteiger partial charge on any atom is 0.332 e. The van der Waals surface area contributed by atoms with Crippen LogP contribution in [0.1, 0.15) is 37.8 Å². The minimum absolute atomic E-state index is 0.236. The SMILES string of the molecule is CCCSc1cc(=O)n(CCC)c(=O)n1Cc1ccc(-c2ccccc2C#N)cc1. The number of nitriles is 1. The maximum absolute atomic E-state index is 13.0. The zero-order chi connectivity index (χ0) is 21.5. The summed E-state index contributed by atoms with van der Waals surface area (Å²) < 4.78 is 3.00. The van der Waals surface area contributed by atoms with Crippen molar-refractivity contribution in [2.75, 3.05) is 5.75 Å². The van der Waals surface area contributed by atoms with Crippen molar-refractivity contribution in [2.45, 2.75) is 44.8 Å². The summed E-state index contributed by atoms with van der Waals surface area (Å²) in [7, 11) is 0. The number of benzene rings is 2. The molecule has 1 heterocycles. The van der Waals surface area contributed by atoms with Crippen molar-refractivity contribution in [3.63, 3.8) is 0 Å². The molecule has 0 aliphatic carbocycles. The molecule has 0 atom stereocenters. The monoisotopic (exact) mass is 419 g/mol. The number of hydrogen-bond donors (Lipinski definition) is 0. The fraction of sp³-hybridized carbons (Fsp3) is 0.292. The highest BCUT2D eigenvalue weighted by atomic mass is 32.2. The van der Waals surface area contributed by atoms with E-state index in [1.807, 2.05) is 49.4 Å². The maximum atomic E-state index is 13.0. The topological polar surface area (TPSA) is 67.8 Å². The highest BCUT2D eigenvalue weighted by molar-refractivity contribution is 7.99. The van der Waals surface area contributed by atoms with E-state index in [0.717, 1.165) is 35.3 Å². The van der Waals surface area contributed by atoms with Gasteiger partial charge in [0.25, 0.3) is 5.56 Å². The summed E-state index contributed by atoms with van der Waals surface area (Å²) in [6.45, 7) is 4.84. The highest BCUT2D eigenvalue weighted by Gasteiger charge is 2.12. The van der Waals surface area contributed by atoms with Crippen LogP contribution in [0.4, 0.5) is 0 Å². The van der Waals surface area contributed by atoms with E-state index in [4.69, 9.17) is 0 Å². The molecule has 0 aliphatic rings. The summed E-state index contributed by atoms with van der Waals surface area (Å²) in [6.07, 6.45) is 1.69. The Balaban J connectivity index is 1.97. The Morgan fingerprint density at radius 2 is 1.70 bits per heavy atom. The van der Waals surface area contributed by atoms with Gasteiger partial charge in [0.1, 0.15) is 0 Å². The summed E-state index contributed by atoms with van der Waals surface area (Å²) >= 11 is 1.54. The third-order valence-corrected chi connectivity index (χ3v) is 6.04. The van der Waals surface area contributed by atoms with Crippen molar-refractivity contribution in [3.05, 3.63) is 86.6 Å². The molecule has 0 amide bonds. The van der Waals surface area contributed by atoms with Crippen LogP contribution in [0, 0.1) is 11.3 Å². The van der Waals surface area contributed by atoms with E-state index in [1.54, 1.807) is 16.7 Å². The van der Waals surface area contributed by atoms with Crippen LogP contribution in [0.15, 0.2) is 69.2 Å². The standard InChI is InChI=1S/C24H25N3O2S/c1-3-13-26-22(28)15-23(30-14-4-2)27(24(26)29)17-18-9-11-19(12-10-18)21-8-6-5-7-20(21)16-25/h5-12,15H,3-4,13-14,17H2,1-2H3. The van der Waals surface area contributed by atoms with Crippen LogP contribution >= 0.6 is 11.8 Å². The third kappa shape index (κ3) is 4.74. The summed E-state index contributed by atoms with van der Waals surface area (Å²) in [6, 6.07) is 19.2. The lowest BCUT2D eigenvalue weighted by Crippen LogP contribution is -2.40. The lowest BCUT2D eigenvalue weighted by molar-refractivity contribution is 0.537. The Morgan fingerprint density at radius 1 is 0.967 bits per heavy atom. The van der Waals surface area contributed by atoms with Gasteiger partial charge in [0, 0.05) is 12.6 Å². The normalized spacial score (nSPS) is 10.7. The van der Waals surface area contributed by atoms with Crippen molar-refractivity contribution >= 4 is 11.8 Å². The van der Waals surface area contributed by atoms with Gasteiger partial charge in [0.15, 0.2) is 0 Å². The Morgan fingerprint density at radius 3 is 2.37 bits per heavy atom. The van der Waals surface area contributed by atoms with Gasteiger partial charge in [0.2, 0.25) is 0 Å². The van der Waals surface area contributed by atoms with Gasteiger partial charge in [-0.05, 0) is 41.4 Å². The molecule has 2 aromatic carbocycles. The molecule has 0 radical (unpaired) electrons. The molecule has 30 heavy (non-hydrogen) atoms. The molecule has 1 aromatic heterocycles. The highest BCUT2D eigenvalue weighted by Crippen LogP contribution is 2.24. The van der Waals surface area contributed by atoms with Crippen LogP contribution in [0.25, 0.3) is 11.1 Å². The van der Waals surface area contributed by atoms with E-state index in [2.05, 4.69) is 13.0 Å². The Bertz CT molecular complexity index is 1170. The molecular formula is C24H25N3O2S. The molecule has 0 bridgehead atoms. The van der Waals surface area contributed by atoms with Crippen LogP contribution < -0.4 is 11.2 Å². The van der Waals surface area contributed by atoms with Gasteiger partial charge in [-0.25, -0.2) is 4.79 Å². The molecule has 6 heteroatoms. The zero-order valence-electron chi connectivity index (χ0n) is 17.3. The second-order valence-electron chi connectivity index (χ2n) is 7.04. The van der Waals surface area contributed by atoms with Crippen molar-refractivity contribution in [1.82, 2.24) is 9.13 Å². The van der Waals surface area contributed by atoms with E-state index in [-0.39, 0.29) is 11.2 Å². The molecule has 0 saturated heterocycles. The molecule has 154 valence electrons. The Kier molecular flexibility index (Phi) is 7.31. The minimum Gasteiger partial charge on any atom is -0.283 e. The summed E-state index contributed by atoms with van der Waals surface area (Å²) in [5.41, 5.74) is 2.95. The van der Waals surface area contributed by atoms with E-state index in [1.165, 1.54) is 16.3 Å². The fourth-order valence-corrected chi connectivity index (χ4v) is 4.20. The van der Waals surface area contributed by atoms with Crippen LogP contribution in [0.5, 0.6) is 0 Å². The molecule has 3 aromatic rings. The lowest BCUT2D eigenvalue weighted by atomic mass is 9.99. The predicted octanol–water partition coefficient (Wildman–Crippen LogP) is 4.51. The number of aromatic nitrogens is 2. The van der Waals surface area contributed by atoms with Gasteiger partial charge in [0.05, 0.1) is 23.2 Å². The van der Waals surface area contributed by atoms with Crippen molar-refractivity contribution in [2.24, 2.45) is 0 Å². The van der Waals surface area contributed by atoms with E-state index in [0.29, 0.717) is 23.7 Å². The largest absolute Gasteiger partial charge is 0.332 e. The smallest absolute Gasteiger partial charge is 0.283 e. The molecule has 0 spiro atoms. The average molecular weight is 420 g/mol. The average Bonchev–Trinajstić information content (AvgIpc) is 2.77. The van der Waals surface area contributed by atoms with Gasteiger partial charge in [-0.2, -0.15) is 5.26 Å². The van der Waals surface area contributed by atoms with E-state index in [9.17, 15) is 14.9 Å². The van der Waals surface area contributed by atoms with Crippen molar-refractivity contribution in [1.29, 1.82) is 5.26 Å². The number of hydrogen-bond acceptors (Lipinski definition) is 4. The number of rotatable bonds is 8. The number of nitrogens with zero attached hydrogens (tertiary/aromatic N) is 3. The molecule has 0 fully saturated rings. The fourth-order valence-electron chi connectivity index (χ4n) is 3.30. The van der Waals surface area contributed by atoms with Crippen LogP contribution in [-0.4, -0.2) is 14.9 Å². The molecular weight excluding hydrogens is 394 g/mol.